The molecule has 5 heteroatoms. The van der Waals surface area contributed by atoms with E-state index in [2.05, 4.69) is 5.32 Å². The summed E-state index contributed by atoms with van der Waals surface area (Å²) in [4.78, 5) is 22.7. The van der Waals surface area contributed by atoms with Gasteiger partial charge in [-0.05, 0) is 37.5 Å². The first-order valence-corrected chi connectivity index (χ1v) is 5.64. The minimum absolute atomic E-state index is 0.397. The highest BCUT2D eigenvalue weighted by molar-refractivity contribution is 6.31. The maximum atomic E-state index is 11.8. The Hall–Kier alpha value is -1.55. The maximum absolute atomic E-state index is 11.8. The molecule has 0 radical (unpaired) electrons. The zero-order valence-electron chi connectivity index (χ0n) is 9.29. The van der Waals surface area contributed by atoms with Crippen molar-refractivity contribution in [3.8, 4) is 0 Å². The van der Waals surface area contributed by atoms with Gasteiger partial charge in [-0.2, -0.15) is 0 Å². The number of aryl methyl sites for hydroxylation is 1. The van der Waals surface area contributed by atoms with E-state index in [-0.39, 0.29) is 0 Å². The molecule has 90 valence electrons. The van der Waals surface area contributed by atoms with Gasteiger partial charge in [0.2, 0.25) is 5.91 Å². The lowest BCUT2D eigenvalue weighted by Crippen LogP contribution is -2.31. The number of nitrogens with one attached hydrogen (secondary N) is 1. The van der Waals surface area contributed by atoms with Gasteiger partial charge >= 0.3 is 5.97 Å². The third kappa shape index (κ3) is 2.13. The van der Waals surface area contributed by atoms with Gasteiger partial charge < -0.3 is 10.4 Å². The Morgan fingerprint density at radius 1 is 1.41 bits per heavy atom. The minimum atomic E-state index is -1.22. The number of amides is 1. The summed E-state index contributed by atoms with van der Waals surface area (Å²) in [6.45, 7) is 1.85. The van der Waals surface area contributed by atoms with Gasteiger partial charge in [-0.1, -0.05) is 17.7 Å². The largest absolute Gasteiger partial charge is 0.480 e. The number of carbonyl (C=O) groups excluding carboxylic acids is 1. The second kappa shape index (κ2) is 4.04. The molecule has 0 heterocycles. The smallest absolute Gasteiger partial charge is 0.319 e. The number of carboxylic acid groups (broad SMARTS) is 1. The van der Waals surface area contributed by atoms with Gasteiger partial charge in [0, 0.05) is 10.7 Å². The van der Waals surface area contributed by atoms with E-state index in [4.69, 9.17) is 16.7 Å². The Morgan fingerprint density at radius 3 is 2.53 bits per heavy atom. The molecular formula is C12H12ClNO3. The van der Waals surface area contributed by atoms with Crippen molar-refractivity contribution < 1.29 is 14.7 Å². The summed E-state index contributed by atoms with van der Waals surface area (Å²) in [7, 11) is 0. The van der Waals surface area contributed by atoms with E-state index in [0.717, 1.165) is 5.56 Å². The van der Waals surface area contributed by atoms with Gasteiger partial charge in [-0.25, -0.2) is 0 Å². The fraction of sp³-hybridized carbons (Fsp3) is 0.333. The molecule has 0 spiro atoms. The minimum Gasteiger partial charge on any atom is -0.480 e. The van der Waals surface area contributed by atoms with Crippen LogP contribution >= 0.6 is 11.6 Å². The Bertz CT molecular complexity index is 495. The van der Waals surface area contributed by atoms with Crippen molar-refractivity contribution in [1.82, 2.24) is 0 Å². The summed E-state index contributed by atoms with van der Waals surface area (Å²) >= 11 is 5.92. The molecular weight excluding hydrogens is 242 g/mol. The number of hydrogen-bond donors (Lipinski definition) is 2. The van der Waals surface area contributed by atoms with Crippen LogP contribution in [0.1, 0.15) is 18.4 Å². The number of aliphatic carboxylic acids is 1. The van der Waals surface area contributed by atoms with Crippen molar-refractivity contribution in [2.45, 2.75) is 19.8 Å². The van der Waals surface area contributed by atoms with Crippen LogP contribution in [0, 0.1) is 12.3 Å². The third-order valence-corrected chi connectivity index (χ3v) is 3.43. The SMILES string of the molecule is Cc1ccc(NC(=O)C2(C(=O)O)CC2)cc1Cl. The predicted octanol–water partition coefficient (Wildman–Crippen LogP) is 2.45. The molecule has 0 saturated heterocycles. The van der Waals surface area contributed by atoms with E-state index in [0.29, 0.717) is 23.6 Å². The quantitative estimate of drug-likeness (QED) is 0.813. The van der Waals surface area contributed by atoms with Gasteiger partial charge in [-0.3, -0.25) is 9.59 Å². The molecule has 0 aliphatic heterocycles. The Morgan fingerprint density at radius 2 is 2.06 bits per heavy atom. The summed E-state index contributed by atoms with van der Waals surface area (Å²) in [5, 5.41) is 12.1. The molecule has 1 saturated carbocycles. The van der Waals surface area contributed by atoms with Gasteiger partial charge in [0.25, 0.3) is 0 Å². The first-order valence-electron chi connectivity index (χ1n) is 5.27. The fourth-order valence-corrected chi connectivity index (χ4v) is 1.76. The summed E-state index contributed by atoms with van der Waals surface area (Å²) in [6, 6.07) is 5.10. The summed E-state index contributed by atoms with van der Waals surface area (Å²) in [5.41, 5.74) is 0.208. The van der Waals surface area contributed by atoms with Gasteiger partial charge in [-0.15, -0.1) is 0 Å². The molecule has 17 heavy (non-hydrogen) atoms. The fourth-order valence-electron chi connectivity index (χ4n) is 1.58. The third-order valence-electron chi connectivity index (χ3n) is 3.02. The standard InChI is InChI=1S/C12H12ClNO3/c1-7-2-3-8(6-9(7)13)14-10(15)12(4-5-12)11(16)17/h2-3,6H,4-5H2,1H3,(H,14,15)(H,16,17). The zero-order chi connectivity index (χ0) is 12.6. The Balaban J connectivity index is 2.14. The number of halogens is 1. The number of carboxylic acids is 1. The first-order chi connectivity index (χ1) is 7.95. The average Bonchev–Trinajstić information content (AvgIpc) is 3.04. The monoisotopic (exact) mass is 253 g/mol. The predicted molar refractivity (Wildman–Crippen MR) is 64.1 cm³/mol. The Labute approximate surface area is 104 Å². The molecule has 0 bridgehead atoms. The van der Waals surface area contributed by atoms with E-state index >= 15 is 0 Å². The molecule has 1 aromatic carbocycles. The van der Waals surface area contributed by atoms with E-state index in [1.807, 2.05) is 6.92 Å². The van der Waals surface area contributed by atoms with E-state index in [1.165, 1.54) is 0 Å². The molecule has 2 N–H and O–H groups in total. The van der Waals surface area contributed by atoms with Crippen molar-refractivity contribution in [1.29, 1.82) is 0 Å². The molecule has 1 amide bonds. The van der Waals surface area contributed by atoms with E-state index < -0.39 is 17.3 Å². The summed E-state index contributed by atoms with van der Waals surface area (Å²) in [5.74, 6) is -1.53. The molecule has 1 aliphatic rings. The van der Waals surface area contributed by atoms with E-state index in [1.54, 1.807) is 18.2 Å². The molecule has 0 atom stereocenters. The van der Waals surface area contributed by atoms with Crippen molar-refractivity contribution in [3.05, 3.63) is 28.8 Å². The lowest BCUT2D eigenvalue weighted by Gasteiger charge is -2.11. The summed E-state index contributed by atoms with van der Waals surface area (Å²) in [6.07, 6.45) is 0.793. The van der Waals surface area contributed by atoms with Crippen LogP contribution in [0.5, 0.6) is 0 Å². The number of hydrogen-bond acceptors (Lipinski definition) is 2. The van der Waals surface area contributed by atoms with Crippen LogP contribution in [0.2, 0.25) is 5.02 Å². The van der Waals surface area contributed by atoms with Gasteiger partial charge in [0.15, 0.2) is 0 Å². The van der Waals surface area contributed by atoms with Crippen LogP contribution in [0.15, 0.2) is 18.2 Å². The van der Waals surface area contributed by atoms with Crippen molar-refractivity contribution >= 4 is 29.2 Å². The van der Waals surface area contributed by atoms with Crippen molar-refractivity contribution in [3.63, 3.8) is 0 Å². The van der Waals surface area contributed by atoms with Gasteiger partial charge in [0.1, 0.15) is 5.41 Å². The Kier molecular flexibility index (Phi) is 2.83. The molecule has 2 rings (SSSR count). The van der Waals surface area contributed by atoms with Crippen LogP contribution < -0.4 is 5.32 Å². The number of anilines is 1. The van der Waals surface area contributed by atoms with Crippen LogP contribution in [0.3, 0.4) is 0 Å². The lowest BCUT2D eigenvalue weighted by molar-refractivity contribution is -0.147. The van der Waals surface area contributed by atoms with Crippen LogP contribution in [-0.4, -0.2) is 17.0 Å². The van der Waals surface area contributed by atoms with Crippen LogP contribution in [0.25, 0.3) is 0 Å². The normalized spacial score (nSPS) is 16.4. The van der Waals surface area contributed by atoms with Crippen LogP contribution in [-0.2, 0) is 9.59 Å². The highest BCUT2D eigenvalue weighted by Gasteiger charge is 2.57. The topological polar surface area (TPSA) is 66.4 Å². The molecule has 1 aromatic rings. The number of rotatable bonds is 3. The van der Waals surface area contributed by atoms with E-state index in [9.17, 15) is 9.59 Å². The molecule has 1 fully saturated rings. The molecule has 0 aromatic heterocycles. The maximum Gasteiger partial charge on any atom is 0.319 e. The molecule has 4 nitrogen and oxygen atoms in total. The van der Waals surface area contributed by atoms with Crippen molar-refractivity contribution in [2.24, 2.45) is 5.41 Å². The highest BCUT2D eigenvalue weighted by Crippen LogP contribution is 2.46. The van der Waals surface area contributed by atoms with Crippen LogP contribution in [0.4, 0.5) is 5.69 Å². The zero-order valence-corrected chi connectivity index (χ0v) is 10.0. The van der Waals surface area contributed by atoms with Gasteiger partial charge in [0.05, 0.1) is 0 Å². The first kappa shape index (κ1) is 11.9. The van der Waals surface area contributed by atoms with Crippen molar-refractivity contribution in [2.75, 3.05) is 5.32 Å². The highest BCUT2D eigenvalue weighted by atomic mass is 35.5. The second-order valence-electron chi connectivity index (χ2n) is 4.31. The molecule has 1 aliphatic carbocycles. The number of benzene rings is 1. The summed E-state index contributed by atoms with van der Waals surface area (Å²) < 4.78 is 0. The second-order valence-corrected chi connectivity index (χ2v) is 4.71. The molecule has 0 unspecified atom stereocenters. The lowest BCUT2D eigenvalue weighted by atomic mass is 10.1. The average molecular weight is 254 g/mol. The number of carbonyl (C=O) groups is 2.